The molecule has 0 saturated carbocycles. The number of hydrogen-bond acceptors (Lipinski definition) is 2. The molecule has 0 bridgehead atoms. The van der Waals surface area contributed by atoms with E-state index in [2.05, 4.69) is 24.1 Å². The van der Waals surface area contributed by atoms with Crippen molar-refractivity contribution in [1.82, 2.24) is 10.2 Å². The number of nitrogens with zero attached hydrogens (tertiary/aromatic N) is 1. The average molecular weight is 368 g/mol. The Morgan fingerprint density at radius 1 is 1.07 bits per heavy atom. The fourth-order valence-corrected chi connectivity index (χ4v) is 3.77. The van der Waals surface area contributed by atoms with Crippen molar-refractivity contribution < 1.29 is 9.18 Å². The highest BCUT2D eigenvalue weighted by Gasteiger charge is 2.30. The molecular weight excluding hydrogens is 339 g/mol. The lowest BCUT2D eigenvalue weighted by Crippen LogP contribution is -2.51. The minimum Gasteiger partial charge on any atom is -0.354 e. The van der Waals surface area contributed by atoms with Crippen LogP contribution in [0.1, 0.15) is 43.7 Å². The molecule has 27 heavy (non-hydrogen) atoms. The van der Waals surface area contributed by atoms with E-state index in [0.29, 0.717) is 13.0 Å². The maximum atomic E-state index is 13.3. The van der Waals surface area contributed by atoms with Gasteiger partial charge >= 0.3 is 0 Å². The zero-order valence-corrected chi connectivity index (χ0v) is 16.2. The molecule has 1 saturated heterocycles. The lowest BCUT2D eigenvalue weighted by atomic mass is 9.90. The van der Waals surface area contributed by atoms with E-state index < -0.39 is 0 Å². The lowest BCUT2D eigenvalue weighted by Gasteiger charge is -2.36. The summed E-state index contributed by atoms with van der Waals surface area (Å²) in [5.41, 5.74) is 1.88. The second-order valence-electron chi connectivity index (χ2n) is 8.02. The van der Waals surface area contributed by atoms with Crippen LogP contribution in [0.3, 0.4) is 0 Å². The number of carbonyl (C=O) groups excluding carboxylic acids is 1. The summed E-state index contributed by atoms with van der Waals surface area (Å²) in [5.74, 6) is -0.618. The number of benzene rings is 2. The van der Waals surface area contributed by atoms with E-state index in [-0.39, 0.29) is 23.2 Å². The molecule has 3 nitrogen and oxygen atoms in total. The summed E-state index contributed by atoms with van der Waals surface area (Å²) in [4.78, 5) is 15.5. The zero-order valence-electron chi connectivity index (χ0n) is 16.2. The van der Waals surface area contributed by atoms with Crippen LogP contribution in [0, 0.1) is 5.82 Å². The Bertz CT molecular complexity index is 737. The summed E-state index contributed by atoms with van der Waals surface area (Å²) in [6.07, 6.45) is 3.05. The molecule has 1 N–H and O–H groups in total. The number of rotatable bonds is 7. The molecule has 0 aromatic heterocycles. The first-order valence-corrected chi connectivity index (χ1v) is 9.78. The molecule has 1 fully saturated rings. The van der Waals surface area contributed by atoms with E-state index >= 15 is 0 Å². The van der Waals surface area contributed by atoms with E-state index in [1.807, 2.05) is 30.3 Å². The quantitative estimate of drug-likeness (QED) is 0.796. The summed E-state index contributed by atoms with van der Waals surface area (Å²) >= 11 is 0. The maximum Gasteiger partial charge on any atom is 0.227 e. The van der Waals surface area contributed by atoms with Crippen LogP contribution in [-0.2, 0) is 11.2 Å². The molecule has 0 aliphatic carbocycles. The molecule has 1 heterocycles. The number of hydrogen-bond donors (Lipinski definition) is 1. The van der Waals surface area contributed by atoms with Crippen LogP contribution >= 0.6 is 0 Å². The largest absolute Gasteiger partial charge is 0.354 e. The van der Waals surface area contributed by atoms with Crippen LogP contribution in [0.2, 0.25) is 0 Å². The van der Waals surface area contributed by atoms with Crippen molar-refractivity contribution in [2.75, 3.05) is 19.6 Å². The van der Waals surface area contributed by atoms with Gasteiger partial charge in [-0.2, -0.15) is 0 Å². The average Bonchev–Trinajstić information content (AvgIpc) is 3.22. The molecule has 4 heteroatoms. The van der Waals surface area contributed by atoms with Gasteiger partial charge in [-0.15, -0.1) is 0 Å². The molecular formula is C23H29FN2O. The summed E-state index contributed by atoms with van der Waals surface area (Å²) in [7, 11) is 0. The molecule has 3 rings (SSSR count). The Kier molecular flexibility index (Phi) is 6.27. The Balaban J connectivity index is 1.73. The SMILES string of the molecule is CC(C)(CNC(=O)C(Cc1ccccc1)c1ccc(F)cc1)N1CCCC1. The van der Waals surface area contributed by atoms with E-state index in [9.17, 15) is 9.18 Å². The van der Waals surface area contributed by atoms with E-state index in [1.165, 1.54) is 25.0 Å². The van der Waals surface area contributed by atoms with Gasteiger partial charge in [0, 0.05) is 12.1 Å². The van der Waals surface area contributed by atoms with Gasteiger partial charge in [0.2, 0.25) is 5.91 Å². The van der Waals surface area contributed by atoms with Gasteiger partial charge in [0.05, 0.1) is 5.92 Å². The predicted molar refractivity (Wildman–Crippen MR) is 107 cm³/mol. The van der Waals surface area contributed by atoms with Gasteiger partial charge < -0.3 is 5.32 Å². The second kappa shape index (κ2) is 8.66. The Morgan fingerprint density at radius 2 is 1.70 bits per heavy atom. The molecule has 2 aromatic rings. The molecule has 1 aliphatic heterocycles. The van der Waals surface area contributed by atoms with E-state index in [1.54, 1.807) is 12.1 Å². The highest BCUT2D eigenvalue weighted by molar-refractivity contribution is 5.84. The third-order valence-electron chi connectivity index (χ3n) is 5.53. The van der Waals surface area contributed by atoms with Crippen molar-refractivity contribution in [2.24, 2.45) is 0 Å². The van der Waals surface area contributed by atoms with Gasteiger partial charge in [0.15, 0.2) is 0 Å². The van der Waals surface area contributed by atoms with Crippen LogP contribution < -0.4 is 5.32 Å². The third-order valence-corrected chi connectivity index (χ3v) is 5.53. The standard InChI is InChI=1S/C23H29FN2O/c1-23(2,26-14-6-7-15-26)17-25-22(27)21(16-18-8-4-3-5-9-18)19-10-12-20(24)13-11-19/h3-5,8-13,21H,6-7,14-17H2,1-2H3,(H,25,27). The Labute approximate surface area is 161 Å². The minimum absolute atomic E-state index is 0.00210. The van der Waals surface area contributed by atoms with Crippen LogP contribution in [-0.4, -0.2) is 36.0 Å². The predicted octanol–water partition coefficient (Wildman–Crippen LogP) is 4.14. The van der Waals surface area contributed by atoms with Crippen molar-refractivity contribution in [1.29, 1.82) is 0 Å². The first-order valence-electron chi connectivity index (χ1n) is 9.78. The second-order valence-corrected chi connectivity index (χ2v) is 8.02. The van der Waals surface area contributed by atoms with Crippen LogP contribution in [0.15, 0.2) is 54.6 Å². The molecule has 0 radical (unpaired) electrons. The minimum atomic E-state index is -0.331. The van der Waals surface area contributed by atoms with Crippen LogP contribution in [0.4, 0.5) is 4.39 Å². The lowest BCUT2D eigenvalue weighted by molar-refractivity contribution is -0.123. The van der Waals surface area contributed by atoms with Gasteiger partial charge in [-0.05, 0) is 69.5 Å². The van der Waals surface area contributed by atoms with Crippen molar-refractivity contribution in [2.45, 2.75) is 44.6 Å². The Hall–Kier alpha value is -2.20. The van der Waals surface area contributed by atoms with Gasteiger partial charge in [-0.3, -0.25) is 9.69 Å². The van der Waals surface area contributed by atoms with Gasteiger partial charge in [0.1, 0.15) is 5.82 Å². The highest BCUT2D eigenvalue weighted by atomic mass is 19.1. The fraction of sp³-hybridized carbons (Fsp3) is 0.435. The first-order chi connectivity index (χ1) is 13.0. The number of likely N-dealkylation sites (tertiary alicyclic amines) is 1. The first kappa shape index (κ1) is 19.6. The number of nitrogens with one attached hydrogen (secondary N) is 1. The number of halogens is 1. The summed E-state index contributed by atoms with van der Waals surface area (Å²) in [6, 6.07) is 16.3. The normalized spacial score (nSPS) is 16.3. The number of carbonyl (C=O) groups is 1. The monoisotopic (exact) mass is 368 g/mol. The van der Waals surface area contributed by atoms with Crippen LogP contribution in [0.25, 0.3) is 0 Å². The van der Waals surface area contributed by atoms with Crippen molar-refractivity contribution in [3.05, 3.63) is 71.5 Å². The van der Waals surface area contributed by atoms with Crippen LogP contribution in [0.5, 0.6) is 0 Å². The molecule has 1 unspecified atom stereocenters. The fourth-order valence-electron chi connectivity index (χ4n) is 3.77. The molecule has 1 amide bonds. The van der Waals surface area contributed by atoms with E-state index in [4.69, 9.17) is 0 Å². The topological polar surface area (TPSA) is 32.3 Å². The van der Waals surface area contributed by atoms with Gasteiger partial charge in [-0.25, -0.2) is 4.39 Å². The number of amides is 1. The molecule has 2 aromatic carbocycles. The third kappa shape index (κ3) is 5.16. The van der Waals surface area contributed by atoms with Gasteiger partial charge in [0.25, 0.3) is 0 Å². The molecule has 1 aliphatic rings. The molecule has 144 valence electrons. The summed E-state index contributed by atoms with van der Waals surface area (Å²) in [6.45, 7) is 7.16. The van der Waals surface area contributed by atoms with Gasteiger partial charge in [-0.1, -0.05) is 42.5 Å². The van der Waals surface area contributed by atoms with Crippen molar-refractivity contribution >= 4 is 5.91 Å². The van der Waals surface area contributed by atoms with Crippen molar-refractivity contribution in [3.63, 3.8) is 0 Å². The maximum absolute atomic E-state index is 13.3. The summed E-state index contributed by atoms with van der Waals surface area (Å²) in [5, 5.41) is 3.16. The van der Waals surface area contributed by atoms with E-state index in [0.717, 1.165) is 24.2 Å². The smallest absolute Gasteiger partial charge is 0.227 e. The Morgan fingerprint density at radius 3 is 2.33 bits per heavy atom. The highest BCUT2D eigenvalue weighted by Crippen LogP contribution is 2.24. The summed E-state index contributed by atoms with van der Waals surface area (Å²) < 4.78 is 13.3. The molecule has 0 spiro atoms. The van der Waals surface area contributed by atoms with Crippen molar-refractivity contribution in [3.8, 4) is 0 Å². The zero-order chi connectivity index (χ0) is 19.3. The molecule has 1 atom stereocenters.